The molecule has 3 aromatic heterocycles. The van der Waals surface area contributed by atoms with Crippen molar-refractivity contribution in [2.24, 2.45) is 0 Å². The van der Waals surface area contributed by atoms with Crippen LogP contribution in [0.1, 0.15) is 32.4 Å². The standard InChI is InChI=1S/C30H29Cl2F2N7O2S/c1-6-21(42)39-9-10-40(15(4)13-39)28-16-11-18(32)26(22-23(34)17(31)12-19(33)24(22)35)37-29(16)41(30(43)38-28)27-20(44-5)7-8-36-25(27)14(2)3/h6-8,11-12,14-15H,1,9-10,13,35H2,2-5H3. The number of pyridine rings is 2. The first-order valence-electron chi connectivity index (χ1n) is 13.7. The van der Waals surface area contributed by atoms with Gasteiger partial charge in [0, 0.05) is 36.8 Å². The van der Waals surface area contributed by atoms with E-state index >= 15 is 4.39 Å². The number of piperazine rings is 1. The Hall–Kier alpha value is -3.74. The number of thioether (sulfide) groups is 1. The number of nitrogens with two attached hydrogens (primary N) is 1. The van der Waals surface area contributed by atoms with Gasteiger partial charge in [0.2, 0.25) is 5.91 Å². The van der Waals surface area contributed by atoms with Crippen molar-refractivity contribution in [1.29, 1.82) is 0 Å². The van der Waals surface area contributed by atoms with Gasteiger partial charge in [0.15, 0.2) is 11.5 Å². The van der Waals surface area contributed by atoms with Gasteiger partial charge in [-0.25, -0.2) is 23.1 Å². The van der Waals surface area contributed by atoms with E-state index in [4.69, 9.17) is 33.9 Å². The minimum atomic E-state index is -1.01. The predicted molar refractivity (Wildman–Crippen MR) is 172 cm³/mol. The molecule has 5 rings (SSSR count). The number of carbonyl (C=O) groups is 1. The summed E-state index contributed by atoms with van der Waals surface area (Å²) in [4.78, 5) is 44.5. The number of halogens is 4. The summed E-state index contributed by atoms with van der Waals surface area (Å²) in [5.74, 6) is -1.97. The largest absolute Gasteiger partial charge is 0.396 e. The van der Waals surface area contributed by atoms with Gasteiger partial charge < -0.3 is 15.5 Å². The van der Waals surface area contributed by atoms with Crippen LogP contribution in [0.2, 0.25) is 10.0 Å². The van der Waals surface area contributed by atoms with Gasteiger partial charge in [-0.1, -0.05) is 43.6 Å². The second kappa shape index (κ2) is 12.3. The normalized spacial score (nSPS) is 15.3. The number of nitrogens with zero attached hydrogens (tertiary/aromatic N) is 6. The zero-order valence-corrected chi connectivity index (χ0v) is 26.7. The number of carbonyl (C=O) groups excluding carboxylic acids is 1. The lowest BCUT2D eigenvalue weighted by Crippen LogP contribution is -2.54. The molecular weight excluding hydrogens is 631 g/mol. The maximum absolute atomic E-state index is 15.4. The molecule has 9 nitrogen and oxygen atoms in total. The zero-order chi connectivity index (χ0) is 32.0. The van der Waals surface area contributed by atoms with Crippen molar-refractivity contribution in [2.75, 3.05) is 36.5 Å². The molecule has 2 N–H and O–H groups in total. The highest BCUT2D eigenvalue weighted by Gasteiger charge is 2.31. The average Bonchev–Trinajstić information content (AvgIpc) is 2.99. The van der Waals surface area contributed by atoms with Crippen molar-refractivity contribution in [3.8, 4) is 16.9 Å². The van der Waals surface area contributed by atoms with Gasteiger partial charge in [0.25, 0.3) is 0 Å². The lowest BCUT2D eigenvalue weighted by atomic mass is 10.1. The Bertz CT molecular complexity index is 1860. The molecular formula is C30H29Cl2F2N7O2S. The number of fused-ring (bicyclic) bond motifs is 1. The fraction of sp³-hybridized carbons (Fsp3) is 0.300. The van der Waals surface area contributed by atoms with Crippen LogP contribution in [0.15, 0.2) is 46.7 Å². The molecule has 1 aromatic carbocycles. The summed E-state index contributed by atoms with van der Waals surface area (Å²) in [5, 5.41) is -0.190. The van der Waals surface area contributed by atoms with Gasteiger partial charge in [-0.2, -0.15) is 4.98 Å². The molecule has 4 aromatic rings. The van der Waals surface area contributed by atoms with Crippen LogP contribution in [-0.2, 0) is 4.79 Å². The van der Waals surface area contributed by atoms with Gasteiger partial charge >= 0.3 is 5.69 Å². The number of hydrogen-bond donors (Lipinski definition) is 1. The molecule has 0 aliphatic carbocycles. The summed E-state index contributed by atoms with van der Waals surface area (Å²) in [5.41, 5.74) is 5.32. The van der Waals surface area contributed by atoms with Gasteiger partial charge in [-0.15, -0.1) is 11.8 Å². The van der Waals surface area contributed by atoms with E-state index in [2.05, 4.69) is 16.5 Å². The van der Waals surface area contributed by atoms with Crippen molar-refractivity contribution in [3.05, 3.63) is 74.9 Å². The number of amides is 1. The van der Waals surface area contributed by atoms with E-state index in [1.807, 2.05) is 31.9 Å². The van der Waals surface area contributed by atoms with Crippen LogP contribution in [0, 0.1) is 11.6 Å². The number of rotatable bonds is 6. The summed E-state index contributed by atoms with van der Waals surface area (Å²) in [7, 11) is 0. The Morgan fingerprint density at radius 1 is 1.20 bits per heavy atom. The monoisotopic (exact) mass is 659 g/mol. The number of hydrogen-bond acceptors (Lipinski definition) is 8. The molecule has 0 saturated carbocycles. The van der Waals surface area contributed by atoms with Crippen LogP contribution in [-0.4, -0.2) is 62.3 Å². The van der Waals surface area contributed by atoms with Crippen molar-refractivity contribution >= 4 is 63.4 Å². The Morgan fingerprint density at radius 2 is 1.93 bits per heavy atom. The Balaban J connectivity index is 1.88. The van der Waals surface area contributed by atoms with Crippen LogP contribution in [0.4, 0.5) is 20.3 Å². The molecule has 1 saturated heterocycles. The number of benzene rings is 1. The van der Waals surface area contributed by atoms with E-state index in [0.717, 1.165) is 11.0 Å². The predicted octanol–water partition coefficient (Wildman–Crippen LogP) is 6.08. The summed E-state index contributed by atoms with van der Waals surface area (Å²) in [6.07, 6.45) is 4.78. The summed E-state index contributed by atoms with van der Waals surface area (Å²) in [6, 6.07) is 3.80. The SMILES string of the molecule is C=CC(=O)N1CCN(c2nc(=O)n(-c3c(SC)ccnc3C(C)C)c3nc(-c4c(N)c(F)cc(Cl)c4F)c(Cl)cc23)C(C)C1. The highest BCUT2D eigenvalue weighted by atomic mass is 35.5. The van der Waals surface area contributed by atoms with Gasteiger partial charge in [-0.05, 0) is 43.4 Å². The molecule has 0 bridgehead atoms. The van der Waals surface area contributed by atoms with Crippen molar-refractivity contribution < 1.29 is 13.6 Å². The van der Waals surface area contributed by atoms with E-state index in [-0.39, 0.29) is 40.0 Å². The molecule has 1 fully saturated rings. The Kier molecular flexibility index (Phi) is 8.88. The molecule has 0 radical (unpaired) electrons. The summed E-state index contributed by atoms with van der Waals surface area (Å²) >= 11 is 14.1. The minimum Gasteiger partial charge on any atom is -0.396 e. The maximum atomic E-state index is 15.4. The summed E-state index contributed by atoms with van der Waals surface area (Å²) < 4.78 is 31.5. The smallest absolute Gasteiger partial charge is 0.355 e. The van der Waals surface area contributed by atoms with E-state index in [9.17, 15) is 14.0 Å². The molecule has 1 aliphatic rings. The van der Waals surface area contributed by atoms with Crippen molar-refractivity contribution in [2.45, 2.75) is 37.6 Å². The van der Waals surface area contributed by atoms with Crippen molar-refractivity contribution in [3.63, 3.8) is 0 Å². The van der Waals surface area contributed by atoms with Gasteiger partial charge in [0.1, 0.15) is 11.6 Å². The molecule has 4 heterocycles. The maximum Gasteiger partial charge on any atom is 0.355 e. The van der Waals surface area contributed by atoms with Crippen LogP contribution >= 0.6 is 35.0 Å². The molecule has 1 aliphatic heterocycles. The Morgan fingerprint density at radius 3 is 2.57 bits per heavy atom. The number of aromatic nitrogens is 4. The van der Waals surface area contributed by atoms with E-state index in [1.54, 1.807) is 17.2 Å². The molecule has 1 amide bonds. The minimum absolute atomic E-state index is 0.0634. The third kappa shape index (κ3) is 5.39. The second-order valence-electron chi connectivity index (χ2n) is 10.6. The van der Waals surface area contributed by atoms with Gasteiger partial charge in [-0.3, -0.25) is 9.78 Å². The molecule has 1 unspecified atom stereocenters. The highest BCUT2D eigenvalue weighted by Crippen LogP contribution is 2.41. The summed E-state index contributed by atoms with van der Waals surface area (Å²) in [6.45, 7) is 10.4. The van der Waals surface area contributed by atoms with E-state index < -0.39 is 33.6 Å². The van der Waals surface area contributed by atoms with E-state index in [0.29, 0.717) is 36.4 Å². The topological polar surface area (TPSA) is 110 Å². The number of nitrogen functional groups attached to an aromatic ring is 1. The first-order valence-corrected chi connectivity index (χ1v) is 15.6. The van der Waals surface area contributed by atoms with Gasteiger partial charge in [0.05, 0.1) is 43.8 Å². The van der Waals surface area contributed by atoms with Crippen LogP contribution in [0.3, 0.4) is 0 Å². The highest BCUT2D eigenvalue weighted by molar-refractivity contribution is 7.98. The lowest BCUT2D eigenvalue weighted by Gasteiger charge is -2.40. The first kappa shape index (κ1) is 31.7. The number of anilines is 2. The third-order valence-corrected chi connectivity index (χ3v) is 8.87. The van der Waals surface area contributed by atoms with E-state index in [1.165, 1.54) is 28.5 Å². The second-order valence-corrected chi connectivity index (χ2v) is 12.3. The molecule has 44 heavy (non-hydrogen) atoms. The van der Waals surface area contributed by atoms with Crippen LogP contribution < -0.4 is 16.3 Å². The Labute approximate surface area is 266 Å². The third-order valence-electron chi connectivity index (χ3n) is 7.54. The zero-order valence-electron chi connectivity index (χ0n) is 24.4. The molecule has 14 heteroatoms. The van der Waals surface area contributed by atoms with Crippen LogP contribution in [0.25, 0.3) is 28.0 Å². The fourth-order valence-corrected chi connectivity index (χ4v) is 6.43. The quantitative estimate of drug-likeness (QED) is 0.115. The molecule has 0 spiro atoms. The first-order chi connectivity index (χ1) is 20.9. The van der Waals surface area contributed by atoms with Crippen molar-refractivity contribution in [1.82, 2.24) is 24.4 Å². The van der Waals surface area contributed by atoms with Crippen LogP contribution in [0.5, 0.6) is 0 Å². The lowest BCUT2D eigenvalue weighted by molar-refractivity contribution is -0.126. The molecule has 230 valence electrons. The fourth-order valence-electron chi connectivity index (χ4n) is 5.41. The average molecular weight is 661 g/mol. The molecule has 1 atom stereocenters.